The van der Waals surface area contributed by atoms with Crippen LogP contribution in [0.15, 0.2) is 18.2 Å². The number of hydrogen-bond acceptors (Lipinski definition) is 4. The minimum absolute atomic E-state index is 0.00992. The molecule has 0 radical (unpaired) electrons. The van der Waals surface area contributed by atoms with Crippen LogP contribution in [-0.4, -0.2) is 59.2 Å². The normalized spacial score (nSPS) is 17.6. The second-order valence-corrected chi connectivity index (χ2v) is 8.17. The summed E-state index contributed by atoms with van der Waals surface area (Å²) in [6, 6.07) is 4.22. The summed E-state index contributed by atoms with van der Waals surface area (Å²) < 4.78 is 0. The zero-order valence-electron chi connectivity index (χ0n) is 16.0. The molecular weight excluding hydrogens is 419 g/mol. The van der Waals surface area contributed by atoms with Gasteiger partial charge in [0.1, 0.15) is 5.54 Å². The Bertz CT molecular complexity index is 855. The lowest BCUT2D eigenvalue weighted by molar-refractivity contribution is -0.135. The molecule has 5 amide bonds. The second-order valence-electron chi connectivity index (χ2n) is 7.35. The van der Waals surface area contributed by atoms with E-state index in [0.29, 0.717) is 28.6 Å². The quantitative estimate of drug-likeness (QED) is 0.664. The molecule has 2 aliphatic rings. The van der Waals surface area contributed by atoms with Gasteiger partial charge in [-0.3, -0.25) is 19.3 Å². The Hall–Kier alpha value is -2.32. The minimum atomic E-state index is -0.786. The number of anilines is 1. The summed E-state index contributed by atoms with van der Waals surface area (Å²) in [4.78, 5) is 51.6. The molecular formula is C19H22Cl2N4O4. The second kappa shape index (κ2) is 8.59. The molecule has 10 heteroatoms. The smallest absolute Gasteiger partial charge is 0.325 e. The Morgan fingerprint density at radius 1 is 1.21 bits per heavy atom. The van der Waals surface area contributed by atoms with Crippen LogP contribution >= 0.6 is 23.2 Å². The first-order chi connectivity index (χ1) is 13.7. The first-order valence-corrected chi connectivity index (χ1v) is 10.1. The van der Waals surface area contributed by atoms with Crippen LogP contribution in [0.2, 0.25) is 10.0 Å². The fourth-order valence-corrected chi connectivity index (χ4v) is 3.97. The third-order valence-electron chi connectivity index (χ3n) is 5.26. The summed E-state index contributed by atoms with van der Waals surface area (Å²) in [5, 5.41) is 6.09. The number of imide groups is 1. The van der Waals surface area contributed by atoms with E-state index in [0.717, 1.165) is 17.7 Å². The van der Waals surface area contributed by atoms with Crippen LogP contribution in [0.3, 0.4) is 0 Å². The topological polar surface area (TPSA) is 98.8 Å². The molecule has 1 aromatic rings. The van der Waals surface area contributed by atoms with Gasteiger partial charge in [-0.2, -0.15) is 0 Å². The highest BCUT2D eigenvalue weighted by Gasteiger charge is 2.52. The van der Waals surface area contributed by atoms with E-state index in [1.165, 1.54) is 18.0 Å². The van der Waals surface area contributed by atoms with Crippen molar-refractivity contribution in [2.24, 2.45) is 0 Å². The van der Waals surface area contributed by atoms with Crippen molar-refractivity contribution < 1.29 is 19.2 Å². The van der Waals surface area contributed by atoms with E-state index < -0.39 is 17.5 Å². The Balaban J connectivity index is 1.49. The standard InChI is InChI=1S/C19H22Cl2N4O4/c1-24(11-15(26)22-12-4-5-13(20)14(21)10-12)16(27)6-9-25-17(28)19(23-18(25)29)7-2-3-8-19/h4-5,10H,2-3,6-9,11H2,1H3,(H,22,26)(H,23,29). The average molecular weight is 441 g/mol. The van der Waals surface area contributed by atoms with Gasteiger partial charge in [0.15, 0.2) is 0 Å². The van der Waals surface area contributed by atoms with Gasteiger partial charge in [-0.1, -0.05) is 36.0 Å². The van der Waals surface area contributed by atoms with Gasteiger partial charge in [0, 0.05) is 25.7 Å². The largest absolute Gasteiger partial charge is 0.336 e. The summed E-state index contributed by atoms with van der Waals surface area (Å²) in [5.74, 6) is -1.01. The minimum Gasteiger partial charge on any atom is -0.336 e. The van der Waals surface area contributed by atoms with Crippen molar-refractivity contribution in [3.63, 3.8) is 0 Å². The molecule has 2 N–H and O–H groups in total. The van der Waals surface area contributed by atoms with Gasteiger partial charge in [0.2, 0.25) is 11.8 Å². The third kappa shape index (κ3) is 4.64. The number of urea groups is 1. The Morgan fingerprint density at radius 2 is 1.90 bits per heavy atom. The van der Waals surface area contributed by atoms with Gasteiger partial charge in [0.05, 0.1) is 16.6 Å². The first-order valence-electron chi connectivity index (χ1n) is 9.35. The number of hydrogen-bond donors (Lipinski definition) is 2. The van der Waals surface area contributed by atoms with Gasteiger partial charge in [0.25, 0.3) is 5.91 Å². The third-order valence-corrected chi connectivity index (χ3v) is 6.00. The summed E-state index contributed by atoms with van der Waals surface area (Å²) >= 11 is 11.8. The van der Waals surface area contributed by atoms with Crippen LogP contribution in [0.1, 0.15) is 32.1 Å². The van der Waals surface area contributed by atoms with Crippen LogP contribution in [0.5, 0.6) is 0 Å². The lowest BCUT2D eigenvalue weighted by atomic mass is 9.98. The maximum absolute atomic E-state index is 12.6. The van der Waals surface area contributed by atoms with Crippen molar-refractivity contribution in [1.82, 2.24) is 15.1 Å². The molecule has 29 heavy (non-hydrogen) atoms. The van der Waals surface area contributed by atoms with Crippen LogP contribution in [0.4, 0.5) is 10.5 Å². The molecule has 1 spiro atoms. The number of carbonyl (C=O) groups excluding carboxylic acids is 4. The number of likely N-dealkylation sites (N-methyl/N-ethyl adjacent to an activating group) is 1. The first kappa shape index (κ1) is 21.4. The molecule has 1 aliphatic heterocycles. The average Bonchev–Trinajstić information content (AvgIpc) is 3.22. The maximum Gasteiger partial charge on any atom is 0.325 e. The predicted molar refractivity (Wildman–Crippen MR) is 109 cm³/mol. The highest BCUT2D eigenvalue weighted by molar-refractivity contribution is 6.42. The molecule has 1 aromatic carbocycles. The molecule has 0 unspecified atom stereocenters. The summed E-state index contributed by atoms with van der Waals surface area (Å²) in [6.07, 6.45) is 3.02. The van der Waals surface area contributed by atoms with Crippen LogP contribution < -0.4 is 10.6 Å². The zero-order valence-corrected chi connectivity index (χ0v) is 17.5. The molecule has 3 rings (SSSR count). The molecule has 156 valence electrons. The predicted octanol–water partition coefficient (Wildman–Crippen LogP) is 2.65. The van der Waals surface area contributed by atoms with Crippen molar-refractivity contribution >= 4 is 52.6 Å². The Labute approximate surface area is 178 Å². The van der Waals surface area contributed by atoms with E-state index in [9.17, 15) is 19.2 Å². The van der Waals surface area contributed by atoms with Gasteiger partial charge in [-0.15, -0.1) is 0 Å². The number of amides is 5. The fraction of sp³-hybridized carbons (Fsp3) is 0.474. The van der Waals surface area contributed by atoms with E-state index >= 15 is 0 Å². The fourth-order valence-electron chi connectivity index (χ4n) is 3.67. The highest BCUT2D eigenvalue weighted by Crippen LogP contribution is 2.35. The van der Waals surface area contributed by atoms with Crippen molar-refractivity contribution in [1.29, 1.82) is 0 Å². The van der Waals surface area contributed by atoms with Crippen LogP contribution in [0.25, 0.3) is 0 Å². The molecule has 0 atom stereocenters. The molecule has 0 bridgehead atoms. The van der Waals surface area contributed by atoms with Crippen molar-refractivity contribution in [2.75, 3.05) is 25.5 Å². The molecule has 0 aromatic heterocycles. The zero-order chi connectivity index (χ0) is 21.2. The van der Waals surface area contributed by atoms with E-state index in [1.807, 2.05) is 0 Å². The molecule has 1 aliphatic carbocycles. The van der Waals surface area contributed by atoms with Crippen LogP contribution in [-0.2, 0) is 14.4 Å². The molecule has 1 heterocycles. The van der Waals surface area contributed by atoms with E-state index in [-0.39, 0.29) is 31.3 Å². The molecule has 2 fully saturated rings. The SMILES string of the molecule is CN(CC(=O)Nc1ccc(Cl)c(Cl)c1)C(=O)CCN1C(=O)NC2(CCCC2)C1=O. The molecule has 1 saturated heterocycles. The van der Waals surface area contributed by atoms with Crippen molar-refractivity contribution in [3.05, 3.63) is 28.2 Å². The van der Waals surface area contributed by atoms with Gasteiger partial charge >= 0.3 is 6.03 Å². The number of halogens is 2. The molecule has 8 nitrogen and oxygen atoms in total. The maximum atomic E-state index is 12.6. The summed E-state index contributed by atoms with van der Waals surface area (Å²) in [7, 11) is 1.49. The lowest BCUT2D eigenvalue weighted by Crippen LogP contribution is -2.44. The highest BCUT2D eigenvalue weighted by atomic mass is 35.5. The van der Waals surface area contributed by atoms with Gasteiger partial charge in [-0.05, 0) is 31.0 Å². The summed E-state index contributed by atoms with van der Waals surface area (Å²) in [6.45, 7) is -0.187. The Kier molecular flexibility index (Phi) is 6.33. The lowest BCUT2D eigenvalue weighted by Gasteiger charge is -2.21. The Morgan fingerprint density at radius 3 is 2.55 bits per heavy atom. The molecule has 1 saturated carbocycles. The number of rotatable bonds is 6. The van der Waals surface area contributed by atoms with E-state index in [4.69, 9.17) is 23.2 Å². The summed E-state index contributed by atoms with van der Waals surface area (Å²) in [5.41, 5.74) is -0.322. The van der Waals surface area contributed by atoms with Crippen molar-refractivity contribution in [2.45, 2.75) is 37.6 Å². The number of nitrogens with one attached hydrogen (secondary N) is 2. The van der Waals surface area contributed by atoms with Crippen LogP contribution in [0, 0.1) is 0 Å². The van der Waals surface area contributed by atoms with Crippen molar-refractivity contribution in [3.8, 4) is 0 Å². The van der Waals surface area contributed by atoms with E-state index in [1.54, 1.807) is 12.1 Å². The monoisotopic (exact) mass is 440 g/mol. The number of nitrogens with zero attached hydrogens (tertiary/aromatic N) is 2. The number of carbonyl (C=O) groups is 4. The van der Waals surface area contributed by atoms with Gasteiger partial charge in [-0.25, -0.2) is 4.79 Å². The van der Waals surface area contributed by atoms with E-state index in [2.05, 4.69) is 10.6 Å². The van der Waals surface area contributed by atoms with Gasteiger partial charge < -0.3 is 15.5 Å². The number of benzene rings is 1.